The van der Waals surface area contributed by atoms with Crippen LogP contribution < -0.4 is 10.6 Å². The van der Waals surface area contributed by atoms with Crippen LogP contribution in [-0.2, 0) is 31.9 Å². The van der Waals surface area contributed by atoms with E-state index >= 15 is 0 Å². The van der Waals surface area contributed by atoms with E-state index in [1.807, 2.05) is 55.8 Å². The zero-order valence-corrected chi connectivity index (χ0v) is 36.3. The predicted octanol–water partition coefficient (Wildman–Crippen LogP) is 8.30. The number of H-pyrrole nitrogens is 2. The molecule has 0 aliphatic carbocycles. The maximum Gasteiger partial charge on any atom is 0.407 e. The van der Waals surface area contributed by atoms with Crippen LogP contribution in [0.2, 0.25) is 0 Å². The first-order valence-corrected chi connectivity index (χ1v) is 22.7. The number of hydrogen-bond acceptors (Lipinski definition) is 10. The lowest BCUT2D eigenvalue weighted by Crippen LogP contribution is -2.41. The summed E-state index contributed by atoms with van der Waals surface area (Å²) in [4.78, 5) is 71.6. The Morgan fingerprint density at radius 1 is 0.645 bits per heavy atom. The standard InChI is InChI=1S/C46H50N8O6S2/c1-59-45(57)49-35(21-29-15-19-61-27-29)23-41(55)53-17-3-5-39(53)43-47-25-37(51-43)33-11-7-31(8-12-33)32-9-13-34(14-10-32)38-26-48-44(52-38)40-6-4-18-54(40)42(56)24-36(50-46(58)60-2)22-30-16-20-62-28-30/h7-16,19-20,25-28,35-36,39-40H,3-6,17-18,21-24H2,1-2H3,(H,47,51)(H,48,52)(H,49,57)(H,50,58)/t35-,36-,39+,40+/m1/s1. The molecule has 0 unspecified atom stereocenters. The van der Waals surface area contributed by atoms with Crippen LogP contribution in [0.4, 0.5) is 9.59 Å². The number of ether oxygens (including phenoxy) is 2. The van der Waals surface area contributed by atoms with Crippen LogP contribution in [0.25, 0.3) is 33.6 Å². The minimum atomic E-state index is -0.551. The van der Waals surface area contributed by atoms with Gasteiger partial charge in [-0.25, -0.2) is 19.6 Å². The third-order valence-corrected chi connectivity index (χ3v) is 13.1. The lowest BCUT2D eigenvalue weighted by molar-refractivity contribution is -0.133. The fourth-order valence-electron chi connectivity index (χ4n) is 8.53. The van der Waals surface area contributed by atoms with E-state index in [2.05, 4.69) is 69.1 Å². The second kappa shape index (κ2) is 19.6. The minimum absolute atomic E-state index is 0.0281. The molecule has 4 amide bonds. The van der Waals surface area contributed by atoms with E-state index in [1.165, 1.54) is 14.2 Å². The number of hydrogen-bond donors (Lipinski definition) is 4. The van der Waals surface area contributed by atoms with Crippen molar-refractivity contribution in [3.05, 3.63) is 117 Å². The molecule has 322 valence electrons. The average molecular weight is 875 g/mol. The van der Waals surface area contributed by atoms with Crippen molar-refractivity contribution >= 4 is 46.7 Å². The zero-order valence-electron chi connectivity index (χ0n) is 34.7. The number of likely N-dealkylation sites (tertiary alicyclic amines) is 2. The van der Waals surface area contributed by atoms with Gasteiger partial charge >= 0.3 is 12.2 Å². The fraction of sp³-hybridized carbons (Fsp3) is 0.348. The lowest BCUT2D eigenvalue weighted by atomic mass is 10.0. The third kappa shape index (κ3) is 10.1. The average Bonchev–Trinajstić information content (AvgIpc) is 4.14. The van der Waals surface area contributed by atoms with Gasteiger partial charge in [-0.3, -0.25) is 9.59 Å². The highest BCUT2D eigenvalue weighted by molar-refractivity contribution is 7.08. The Bertz CT molecular complexity index is 2260. The highest BCUT2D eigenvalue weighted by Gasteiger charge is 2.35. The minimum Gasteiger partial charge on any atom is -0.453 e. The van der Waals surface area contributed by atoms with Crippen LogP contribution in [0.3, 0.4) is 0 Å². The normalized spacial score (nSPS) is 17.1. The first-order chi connectivity index (χ1) is 30.2. The molecule has 8 rings (SSSR count). The van der Waals surface area contributed by atoms with Gasteiger partial charge in [0.2, 0.25) is 11.8 Å². The van der Waals surface area contributed by atoms with E-state index in [4.69, 9.17) is 19.4 Å². The summed E-state index contributed by atoms with van der Waals surface area (Å²) < 4.78 is 9.67. The Morgan fingerprint density at radius 3 is 1.42 bits per heavy atom. The monoisotopic (exact) mass is 874 g/mol. The SMILES string of the molecule is COC(=O)N[C@@H](CC(=O)N1CCC[C@H]1c1ncc(-c2ccc(-c3ccc(-c4cnc([C@@H]5CCCN5C(=O)C[C@@H](Cc5ccsc5)NC(=O)OC)[nH]4)cc3)cc2)[nH]1)Cc1ccsc1. The number of methoxy groups -OCH3 is 2. The van der Waals surface area contributed by atoms with E-state index in [0.717, 1.165) is 82.1 Å². The molecule has 2 saturated heterocycles. The van der Waals surface area contributed by atoms with Gasteiger partial charge in [-0.05, 0) is 106 Å². The maximum atomic E-state index is 13.6. The molecule has 14 nitrogen and oxygen atoms in total. The van der Waals surface area contributed by atoms with Crippen molar-refractivity contribution in [1.82, 2.24) is 40.4 Å². The van der Waals surface area contributed by atoms with Crippen LogP contribution >= 0.6 is 22.7 Å². The van der Waals surface area contributed by atoms with E-state index in [-0.39, 0.29) is 48.8 Å². The van der Waals surface area contributed by atoms with Gasteiger partial charge in [-0.15, -0.1) is 0 Å². The Hall–Kier alpha value is -6.26. The summed E-state index contributed by atoms with van der Waals surface area (Å²) in [5, 5.41) is 13.7. The molecule has 2 aliphatic heterocycles. The van der Waals surface area contributed by atoms with E-state index in [0.29, 0.717) is 25.9 Å². The number of carbonyl (C=O) groups excluding carboxylic acids is 4. The van der Waals surface area contributed by atoms with Gasteiger partial charge in [0.25, 0.3) is 0 Å². The Balaban J connectivity index is 0.881. The third-order valence-electron chi connectivity index (χ3n) is 11.7. The van der Waals surface area contributed by atoms with Crippen molar-refractivity contribution in [2.24, 2.45) is 0 Å². The summed E-state index contributed by atoms with van der Waals surface area (Å²) in [6, 6.07) is 19.5. The van der Waals surface area contributed by atoms with Crippen molar-refractivity contribution in [3.63, 3.8) is 0 Å². The predicted molar refractivity (Wildman–Crippen MR) is 238 cm³/mol. The molecule has 62 heavy (non-hydrogen) atoms. The molecule has 2 aliphatic rings. The summed E-state index contributed by atoms with van der Waals surface area (Å²) in [7, 11) is 2.65. The van der Waals surface area contributed by atoms with Crippen LogP contribution in [0.1, 0.15) is 73.4 Å². The number of alkyl carbamates (subject to hydrolysis) is 2. The van der Waals surface area contributed by atoms with Gasteiger partial charge in [-0.1, -0.05) is 48.5 Å². The molecule has 2 aromatic carbocycles. The molecule has 4 aromatic heterocycles. The van der Waals surface area contributed by atoms with Crippen molar-refractivity contribution < 1.29 is 28.7 Å². The molecule has 0 bridgehead atoms. The second-order valence-electron chi connectivity index (χ2n) is 15.8. The van der Waals surface area contributed by atoms with E-state index in [1.54, 1.807) is 22.7 Å². The van der Waals surface area contributed by atoms with Gasteiger partial charge in [0.1, 0.15) is 11.6 Å². The number of amides is 4. The van der Waals surface area contributed by atoms with Crippen LogP contribution in [0.15, 0.2) is 94.6 Å². The second-order valence-corrected chi connectivity index (χ2v) is 17.3. The maximum absolute atomic E-state index is 13.6. The van der Waals surface area contributed by atoms with Gasteiger partial charge in [0, 0.05) is 38.0 Å². The van der Waals surface area contributed by atoms with Crippen LogP contribution in [0.5, 0.6) is 0 Å². The molecule has 6 heterocycles. The lowest BCUT2D eigenvalue weighted by Gasteiger charge is -2.26. The van der Waals surface area contributed by atoms with Crippen molar-refractivity contribution in [2.75, 3.05) is 27.3 Å². The molecule has 2 fully saturated rings. The first-order valence-electron chi connectivity index (χ1n) is 20.9. The smallest absolute Gasteiger partial charge is 0.407 e. The summed E-state index contributed by atoms with van der Waals surface area (Å²) in [6.45, 7) is 1.27. The number of nitrogens with zero attached hydrogens (tertiary/aromatic N) is 4. The highest BCUT2D eigenvalue weighted by atomic mass is 32.1. The molecule has 4 atom stereocenters. The number of rotatable bonds is 15. The summed E-state index contributed by atoms with van der Waals surface area (Å²) in [5.74, 6) is 1.45. The van der Waals surface area contributed by atoms with Gasteiger partial charge < -0.3 is 39.9 Å². The van der Waals surface area contributed by atoms with Gasteiger partial charge in [0.15, 0.2) is 0 Å². The van der Waals surface area contributed by atoms with E-state index < -0.39 is 12.2 Å². The Kier molecular flexibility index (Phi) is 13.4. The van der Waals surface area contributed by atoms with Gasteiger partial charge in [0.05, 0.1) is 50.1 Å². The molecular weight excluding hydrogens is 825 g/mol. The summed E-state index contributed by atoms with van der Waals surface area (Å²) >= 11 is 3.17. The van der Waals surface area contributed by atoms with Gasteiger partial charge in [-0.2, -0.15) is 22.7 Å². The number of aromatic nitrogens is 4. The number of benzene rings is 2. The Labute approximate surface area is 368 Å². The first kappa shape index (κ1) is 42.4. The quantitative estimate of drug-likeness (QED) is 0.0797. The van der Waals surface area contributed by atoms with Crippen LogP contribution in [0, 0.1) is 0 Å². The molecule has 0 spiro atoms. The fourth-order valence-corrected chi connectivity index (χ4v) is 9.89. The number of nitrogens with one attached hydrogen (secondary N) is 4. The number of imidazole rings is 2. The van der Waals surface area contributed by atoms with Crippen LogP contribution in [-0.4, -0.2) is 93.1 Å². The van der Waals surface area contributed by atoms with Crippen molar-refractivity contribution in [2.45, 2.75) is 75.5 Å². The zero-order chi connectivity index (χ0) is 43.0. The number of thiophene rings is 2. The van der Waals surface area contributed by atoms with Crippen molar-refractivity contribution in [1.29, 1.82) is 0 Å². The van der Waals surface area contributed by atoms with Crippen molar-refractivity contribution in [3.8, 4) is 33.6 Å². The van der Waals surface area contributed by atoms with E-state index in [9.17, 15) is 19.2 Å². The summed E-state index contributed by atoms with van der Waals surface area (Å²) in [6.07, 6.45) is 7.32. The molecule has 16 heteroatoms. The largest absolute Gasteiger partial charge is 0.453 e. The molecule has 0 saturated carbocycles. The number of carbonyl (C=O) groups is 4. The molecular formula is C46H50N8O6S2. The molecule has 4 N–H and O–H groups in total. The summed E-state index contributed by atoms with van der Waals surface area (Å²) in [5.41, 5.74) is 7.98. The molecule has 0 radical (unpaired) electrons. The Morgan fingerprint density at radius 2 is 1.05 bits per heavy atom. The highest BCUT2D eigenvalue weighted by Crippen LogP contribution is 2.35. The number of aromatic amines is 2. The topological polar surface area (TPSA) is 175 Å². The molecule has 6 aromatic rings.